The van der Waals surface area contributed by atoms with E-state index in [4.69, 9.17) is 21.1 Å². The lowest BCUT2D eigenvalue weighted by atomic mass is 10.1. The predicted octanol–water partition coefficient (Wildman–Crippen LogP) is 3.04. The van der Waals surface area contributed by atoms with Gasteiger partial charge in [0.1, 0.15) is 5.75 Å². The Bertz CT molecular complexity index is 344. The Hall–Kier alpha value is -0.770. The van der Waals surface area contributed by atoms with Crippen molar-refractivity contribution in [3.05, 3.63) is 28.8 Å². The standard InChI is InChI=1S/C13H20ClNO2/c1-4-7-17-9-12(15-2)10-5-6-11(14)13(8-10)16-3/h5-6,8,12,15H,4,7,9H2,1-3H3. The monoisotopic (exact) mass is 257 g/mol. The molecule has 0 aromatic heterocycles. The van der Waals surface area contributed by atoms with E-state index >= 15 is 0 Å². The van der Waals surface area contributed by atoms with Crippen molar-refractivity contribution in [1.82, 2.24) is 5.32 Å². The Morgan fingerprint density at radius 3 is 2.76 bits per heavy atom. The second-order valence-electron chi connectivity index (χ2n) is 3.81. The maximum absolute atomic E-state index is 5.99. The van der Waals surface area contributed by atoms with E-state index in [1.807, 2.05) is 25.2 Å². The fourth-order valence-corrected chi connectivity index (χ4v) is 1.78. The summed E-state index contributed by atoms with van der Waals surface area (Å²) < 4.78 is 10.8. The van der Waals surface area contributed by atoms with Gasteiger partial charge in [-0.05, 0) is 31.2 Å². The third kappa shape index (κ3) is 4.19. The van der Waals surface area contributed by atoms with Crippen LogP contribution in [0.4, 0.5) is 0 Å². The third-order valence-electron chi connectivity index (χ3n) is 2.56. The molecule has 4 heteroatoms. The number of nitrogens with one attached hydrogen (secondary N) is 1. The minimum Gasteiger partial charge on any atom is -0.495 e. The summed E-state index contributed by atoms with van der Waals surface area (Å²) in [7, 11) is 3.54. The number of likely N-dealkylation sites (N-methyl/N-ethyl adjacent to an activating group) is 1. The van der Waals surface area contributed by atoms with Gasteiger partial charge in [0.15, 0.2) is 0 Å². The first-order valence-corrected chi connectivity index (χ1v) is 6.19. The molecule has 0 radical (unpaired) electrons. The maximum atomic E-state index is 5.99. The molecule has 3 nitrogen and oxygen atoms in total. The van der Waals surface area contributed by atoms with E-state index in [1.54, 1.807) is 7.11 Å². The molecule has 0 heterocycles. The van der Waals surface area contributed by atoms with Crippen LogP contribution in [-0.2, 0) is 4.74 Å². The Balaban J connectivity index is 2.73. The quantitative estimate of drug-likeness (QED) is 0.762. The zero-order valence-corrected chi connectivity index (χ0v) is 11.4. The van der Waals surface area contributed by atoms with Gasteiger partial charge in [-0.25, -0.2) is 0 Å². The molecule has 0 aliphatic carbocycles. The largest absolute Gasteiger partial charge is 0.495 e. The zero-order valence-electron chi connectivity index (χ0n) is 10.6. The summed E-state index contributed by atoms with van der Waals surface area (Å²) in [5.74, 6) is 0.694. The van der Waals surface area contributed by atoms with Gasteiger partial charge in [-0.1, -0.05) is 24.6 Å². The lowest BCUT2D eigenvalue weighted by Gasteiger charge is -2.17. The van der Waals surface area contributed by atoms with E-state index in [-0.39, 0.29) is 6.04 Å². The number of benzene rings is 1. The Morgan fingerprint density at radius 1 is 1.41 bits per heavy atom. The first-order chi connectivity index (χ1) is 8.22. The number of rotatable bonds is 7. The van der Waals surface area contributed by atoms with Crippen molar-refractivity contribution in [3.63, 3.8) is 0 Å². The van der Waals surface area contributed by atoms with E-state index in [0.29, 0.717) is 17.4 Å². The van der Waals surface area contributed by atoms with Crippen LogP contribution in [0.15, 0.2) is 18.2 Å². The molecule has 0 amide bonds. The van der Waals surface area contributed by atoms with Crippen molar-refractivity contribution in [2.45, 2.75) is 19.4 Å². The van der Waals surface area contributed by atoms with E-state index in [0.717, 1.165) is 18.6 Å². The van der Waals surface area contributed by atoms with Gasteiger partial charge in [-0.15, -0.1) is 0 Å². The first-order valence-electron chi connectivity index (χ1n) is 5.81. The maximum Gasteiger partial charge on any atom is 0.137 e. The molecule has 1 aromatic rings. The van der Waals surface area contributed by atoms with Crippen molar-refractivity contribution < 1.29 is 9.47 Å². The molecule has 0 bridgehead atoms. The second kappa shape index (κ2) is 7.54. The normalized spacial score (nSPS) is 12.5. The van der Waals surface area contributed by atoms with E-state index in [1.165, 1.54) is 0 Å². The summed E-state index contributed by atoms with van der Waals surface area (Å²) in [6.07, 6.45) is 1.03. The van der Waals surface area contributed by atoms with Crippen LogP contribution < -0.4 is 10.1 Å². The molecular formula is C13H20ClNO2. The van der Waals surface area contributed by atoms with Gasteiger partial charge in [0, 0.05) is 6.61 Å². The van der Waals surface area contributed by atoms with Gasteiger partial charge in [0.25, 0.3) is 0 Å². The zero-order chi connectivity index (χ0) is 12.7. The molecule has 0 saturated heterocycles. The highest BCUT2D eigenvalue weighted by Gasteiger charge is 2.11. The van der Waals surface area contributed by atoms with E-state index in [9.17, 15) is 0 Å². The Labute approximate surface area is 108 Å². The minimum absolute atomic E-state index is 0.160. The van der Waals surface area contributed by atoms with Crippen molar-refractivity contribution in [3.8, 4) is 5.75 Å². The highest BCUT2D eigenvalue weighted by atomic mass is 35.5. The summed E-state index contributed by atoms with van der Waals surface area (Å²) in [6, 6.07) is 5.94. The van der Waals surface area contributed by atoms with E-state index in [2.05, 4.69) is 12.2 Å². The molecular weight excluding hydrogens is 238 g/mol. The van der Waals surface area contributed by atoms with E-state index < -0.39 is 0 Å². The molecule has 0 spiro atoms. The van der Waals surface area contributed by atoms with Crippen molar-refractivity contribution in [2.24, 2.45) is 0 Å². The summed E-state index contributed by atoms with van der Waals surface area (Å²) in [5.41, 5.74) is 1.12. The Kier molecular flexibility index (Phi) is 6.34. The molecule has 96 valence electrons. The smallest absolute Gasteiger partial charge is 0.137 e. The summed E-state index contributed by atoms with van der Waals surface area (Å²) in [5, 5.41) is 3.85. The molecule has 0 fully saturated rings. The van der Waals surface area contributed by atoms with Crippen LogP contribution >= 0.6 is 11.6 Å². The van der Waals surface area contributed by atoms with Gasteiger partial charge >= 0.3 is 0 Å². The summed E-state index contributed by atoms with van der Waals surface area (Å²) >= 11 is 5.99. The number of hydrogen-bond donors (Lipinski definition) is 1. The highest BCUT2D eigenvalue weighted by molar-refractivity contribution is 6.32. The van der Waals surface area contributed by atoms with Gasteiger partial charge in [0.05, 0.1) is 24.8 Å². The number of halogens is 1. The first kappa shape index (κ1) is 14.3. The van der Waals surface area contributed by atoms with Crippen molar-refractivity contribution >= 4 is 11.6 Å². The fraction of sp³-hybridized carbons (Fsp3) is 0.538. The topological polar surface area (TPSA) is 30.5 Å². The molecule has 0 aliphatic rings. The molecule has 1 N–H and O–H groups in total. The van der Waals surface area contributed by atoms with Gasteiger partial charge in [-0.3, -0.25) is 0 Å². The molecule has 1 atom stereocenters. The van der Waals surface area contributed by atoms with Crippen LogP contribution in [0.5, 0.6) is 5.75 Å². The van der Waals surface area contributed by atoms with Crippen molar-refractivity contribution in [2.75, 3.05) is 27.4 Å². The number of ether oxygens (including phenoxy) is 2. The summed E-state index contributed by atoms with van der Waals surface area (Å²) in [4.78, 5) is 0. The van der Waals surface area contributed by atoms with Gasteiger partial charge < -0.3 is 14.8 Å². The molecule has 1 aromatic carbocycles. The fourth-order valence-electron chi connectivity index (χ4n) is 1.58. The van der Waals surface area contributed by atoms with Crippen LogP contribution in [0.25, 0.3) is 0 Å². The molecule has 17 heavy (non-hydrogen) atoms. The average molecular weight is 258 g/mol. The summed E-state index contributed by atoms with van der Waals surface area (Å²) in [6.45, 7) is 3.53. The third-order valence-corrected chi connectivity index (χ3v) is 2.87. The molecule has 1 unspecified atom stereocenters. The van der Waals surface area contributed by atoms with Crippen LogP contribution in [-0.4, -0.2) is 27.4 Å². The average Bonchev–Trinajstić information content (AvgIpc) is 2.36. The van der Waals surface area contributed by atoms with Crippen LogP contribution in [0.2, 0.25) is 5.02 Å². The van der Waals surface area contributed by atoms with Crippen LogP contribution in [0.3, 0.4) is 0 Å². The lowest BCUT2D eigenvalue weighted by Crippen LogP contribution is -2.22. The van der Waals surface area contributed by atoms with Crippen molar-refractivity contribution in [1.29, 1.82) is 0 Å². The molecule has 0 saturated carbocycles. The minimum atomic E-state index is 0.160. The second-order valence-corrected chi connectivity index (χ2v) is 4.22. The lowest BCUT2D eigenvalue weighted by molar-refractivity contribution is 0.114. The van der Waals surface area contributed by atoms with Gasteiger partial charge in [0.2, 0.25) is 0 Å². The van der Waals surface area contributed by atoms with Crippen LogP contribution in [0, 0.1) is 0 Å². The van der Waals surface area contributed by atoms with Gasteiger partial charge in [-0.2, -0.15) is 0 Å². The number of hydrogen-bond acceptors (Lipinski definition) is 3. The SMILES string of the molecule is CCCOCC(NC)c1ccc(Cl)c(OC)c1. The molecule has 1 rings (SSSR count). The molecule has 0 aliphatic heterocycles. The number of methoxy groups -OCH3 is 1. The van der Waals surface area contributed by atoms with Crippen LogP contribution in [0.1, 0.15) is 24.9 Å². The predicted molar refractivity (Wildman–Crippen MR) is 70.9 cm³/mol. The highest BCUT2D eigenvalue weighted by Crippen LogP contribution is 2.27. The Morgan fingerprint density at radius 2 is 2.18 bits per heavy atom.